The number of halogens is 2. The first kappa shape index (κ1) is 7.68. The van der Waals surface area contributed by atoms with Crippen molar-refractivity contribution >= 4 is 23.2 Å². The molecule has 54 valence electrons. The fourth-order valence-corrected chi connectivity index (χ4v) is 2.56. The monoisotopic (exact) mass is 166 g/mol. The number of alkyl halides is 2. The molecule has 0 radical (unpaired) electrons. The largest absolute Gasteiger partial charge is 0.124 e. The van der Waals surface area contributed by atoms with Gasteiger partial charge in [0.2, 0.25) is 0 Å². The van der Waals surface area contributed by atoms with Gasteiger partial charge in [-0.1, -0.05) is 20.8 Å². The summed E-state index contributed by atoms with van der Waals surface area (Å²) in [4.78, 5) is 0. The van der Waals surface area contributed by atoms with Crippen molar-refractivity contribution in [3.63, 3.8) is 0 Å². The van der Waals surface area contributed by atoms with Gasteiger partial charge in [-0.05, 0) is 17.8 Å². The van der Waals surface area contributed by atoms with Gasteiger partial charge in [0, 0.05) is 0 Å². The third-order valence-corrected chi connectivity index (χ3v) is 3.39. The minimum atomic E-state index is -0.409. The van der Waals surface area contributed by atoms with Crippen molar-refractivity contribution in [3.8, 4) is 0 Å². The Kier molecular flexibility index (Phi) is 1.73. The minimum Gasteiger partial charge on any atom is -0.101 e. The molecule has 0 spiro atoms. The van der Waals surface area contributed by atoms with Crippen LogP contribution in [0.25, 0.3) is 0 Å². The molecule has 0 saturated heterocycles. The van der Waals surface area contributed by atoms with Crippen LogP contribution in [0.3, 0.4) is 0 Å². The topological polar surface area (TPSA) is 0 Å². The van der Waals surface area contributed by atoms with Crippen LogP contribution in [0.4, 0.5) is 0 Å². The third kappa shape index (κ3) is 1.08. The second-order valence-electron chi connectivity index (χ2n) is 3.23. The summed E-state index contributed by atoms with van der Waals surface area (Å²) in [7, 11) is 0. The van der Waals surface area contributed by atoms with Gasteiger partial charge in [-0.3, -0.25) is 0 Å². The quantitative estimate of drug-likeness (QED) is 0.526. The first-order chi connectivity index (χ1) is 3.98. The van der Waals surface area contributed by atoms with Crippen LogP contribution < -0.4 is 0 Å². The van der Waals surface area contributed by atoms with E-state index in [1.54, 1.807) is 0 Å². The summed E-state index contributed by atoms with van der Waals surface area (Å²) in [6.07, 6.45) is 0. The fraction of sp³-hybridized carbons (Fsp3) is 1.00. The van der Waals surface area contributed by atoms with Crippen LogP contribution in [0.15, 0.2) is 0 Å². The maximum Gasteiger partial charge on any atom is 0.124 e. The highest BCUT2D eigenvalue weighted by molar-refractivity contribution is 6.51. The summed E-state index contributed by atoms with van der Waals surface area (Å²) in [6, 6.07) is 0. The molecule has 1 saturated carbocycles. The highest BCUT2D eigenvalue weighted by atomic mass is 35.5. The molecule has 9 heavy (non-hydrogen) atoms. The molecule has 0 bridgehead atoms. The Balaban J connectivity index is 2.52. The van der Waals surface area contributed by atoms with Gasteiger partial charge in [-0.2, -0.15) is 0 Å². The molecule has 0 aliphatic heterocycles. The van der Waals surface area contributed by atoms with Gasteiger partial charge in [0.1, 0.15) is 4.33 Å². The Hall–Kier alpha value is 0.580. The van der Waals surface area contributed by atoms with Crippen molar-refractivity contribution in [2.75, 3.05) is 0 Å². The fourth-order valence-electron chi connectivity index (χ4n) is 1.53. The molecule has 2 unspecified atom stereocenters. The first-order valence-corrected chi connectivity index (χ1v) is 4.11. The van der Waals surface area contributed by atoms with Crippen molar-refractivity contribution < 1.29 is 0 Å². The molecule has 2 atom stereocenters. The Bertz CT molecular complexity index is 118. The predicted octanol–water partition coefficient (Wildman–Crippen LogP) is 3.08. The summed E-state index contributed by atoms with van der Waals surface area (Å²) in [6.45, 7) is 6.42. The van der Waals surface area contributed by atoms with Crippen molar-refractivity contribution in [1.82, 2.24) is 0 Å². The highest BCUT2D eigenvalue weighted by Gasteiger charge is 2.61. The van der Waals surface area contributed by atoms with E-state index in [0.29, 0.717) is 17.8 Å². The second kappa shape index (κ2) is 2.03. The van der Waals surface area contributed by atoms with E-state index in [4.69, 9.17) is 23.2 Å². The van der Waals surface area contributed by atoms with Gasteiger partial charge in [0.05, 0.1) is 0 Å². The Morgan fingerprint density at radius 2 is 1.67 bits per heavy atom. The average molecular weight is 167 g/mol. The summed E-state index contributed by atoms with van der Waals surface area (Å²) >= 11 is 11.8. The molecule has 0 aromatic rings. The molecular formula is C7H12Cl2. The van der Waals surface area contributed by atoms with Gasteiger partial charge in [-0.15, -0.1) is 23.2 Å². The third-order valence-electron chi connectivity index (χ3n) is 2.20. The SMILES string of the molecule is CC(C)C1C(C)C1(Cl)Cl. The van der Waals surface area contributed by atoms with Crippen LogP contribution in [0.2, 0.25) is 0 Å². The molecular weight excluding hydrogens is 155 g/mol. The van der Waals surface area contributed by atoms with Gasteiger partial charge in [-0.25, -0.2) is 0 Å². The van der Waals surface area contributed by atoms with Crippen LogP contribution in [0, 0.1) is 17.8 Å². The maximum atomic E-state index is 5.92. The standard InChI is InChI=1S/C7H12Cl2/c1-4(2)6-5(3)7(6,8)9/h4-6H,1-3H3. The van der Waals surface area contributed by atoms with E-state index < -0.39 is 4.33 Å². The molecule has 1 fully saturated rings. The van der Waals surface area contributed by atoms with E-state index in [2.05, 4.69) is 20.8 Å². The van der Waals surface area contributed by atoms with Gasteiger partial charge in [0.15, 0.2) is 0 Å². The molecule has 1 aliphatic rings. The van der Waals surface area contributed by atoms with Gasteiger partial charge in [0.25, 0.3) is 0 Å². The molecule has 0 aromatic heterocycles. The minimum absolute atomic E-state index is 0.409. The van der Waals surface area contributed by atoms with Gasteiger partial charge >= 0.3 is 0 Å². The van der Waals surface area contributed by atoms with E-state index in [9.17, 15) is 0 Å². The van der Waals surface area contributed by atoms with Crippen LogP contribution in [-0.4, -0.2) is 4.33 Å². The molecule has 0 heterocycles. The summed E-state index contributed by atoms with van der Waals surface area (Å²) < 4.78 is -0.409. The predicted molar refractivity (Wildman–Crippen MR) is 41.9 cm³/mol. The first-order valence-electron chi connectivity index (χ1n) is 3.35. The Morgan fingerprint density at radius 1 is 1.33 bits per heavy atom. The van der Waals surface area contributed by atoms with Crippen LogP contribution in [0.5, 0.6) is 0 Å². The average Bonchev–Trinajstić information content (AvgIpc) is 2.07. The Morgan fingerprint density at radius 3 is 1.67 bits per heavy atom. The number of hydrogen-bond donors (Lipinski definition) is 0. The zero-order chi connectivity index (χ0) is 7.23. The molecule has 1 rings (SSSR count). The maximum absolute atomic E-state index is 5.92. The summed E-state index contributed by atoms with van der Waals surface area (Å²) in [5.74, 6) is 1.62. The lowest BCUT2D eigenvalue weighted by Crippen LogP contribution is -1.97. The van der Waals surface area contributed by atoms with E-state index in [0.717, 1.165) is 0 Å². The number of rotatable bonds is 1. The highest BCUT2D eigenvalue weighted by Crippen LogP contribution is 2.61. The molecule has 2 heteroatoms. The molecule has 0 N–H and O–H groups in total. The zero-order valence-electron chi connectivity index (χ0n) is 5.99. The Labute approximate surface area is 66.5 Å². The van der Waals surface area contributed by atoms with Crippen molar-refractivity contribution in [2.24, 2.45) is 17.8 Å². The molecule has 0 aromatic carbocycles. The van der Waals surface area contributed by atoms with Crippen molar-refractivity contribution in [2.45, 2.75) is 25.1 Å². The zero-order valence-corrected chi connectivity index (χ0v) is 7.50. The smallest absolute Gasteiger partial charge is 0.101 e. The van der Waals surface area contributed by atoms with E-state index >= 15 is 0 Å². The van der Waals surface area contributed by atoms with Gasteiger partial charge < -0.3 is 0 Å². The van der Waals surface area contributed by atoms with E-state index in [-0.39, 0.29) is 0 Å². The van der Waals surface area contributed by atoms with E-state index in [1.165, 1.54) is 0 Å². The lowest BCUT2D eigenvalue weighted by Gasteiger charge is -2.00. The number of hydrogen-bond acceptors (Lipinski definition) is 0. The van der Waals surface area contributed by atoms with Crippen LogP contribution in [0.1, 0.15) is 20.8 Å². The van der Waals surface area contributed by atoms with Crippen LogP contribution >= 0.6 is 23.2 Å². The van der Waals surface area contributed by atoms with Crippen LogP contribution in [-0.2, 0) is 0 Å². The normalized spacial score (nSPS) is 39.3. The summed E-state index contributed by atoms with van der Waals surface area (Å²) in [5.41, 5.74) is 0. The second-order valence-corrected chi connectivity index (χ2v) is 4.68. The van der Waals surface area contributed by atoms with Crippen molar-refractivity contribution in [3.05, 3.63) is 0 Å². The molecule has 0 amide bonds. The lowest BCUT2D eigenvalue weighted by atomic mass is 10.1. The lowest BCUT2D eigenvalue weighted by molar-refractivity contribution is 0.528. The van der Waals surface area contributed by atoms with E-state index in [1.807, 2.05) is 0 Å². The molecule has 0 nitrogen and oxygen atoms in total. The molecule has 1 aliphatic carbocycles. The summed E-state index contributed by atoms with van der Waals surface area (Å²) in [5, 5.41) is 0. The van der Waals surface area contributed by atoms with Crippen molar-refractivity contribution in [1.29, 1.82) is 0 Å².